The van der Waals surface area contributed by atoms with E-state index in [1.165, 1.54) is 0 Å². The van der Waals surface area contributed by atoms with Gasteiger partial charge in [0.15, 0.2) is 0 Å². The van der Waals surface area contributed by atoms with Gasteiger partial charge in [0.25, 0.3) is 0 Å². The van der Waals surface area contributed by atoms with Crippen molar-refractivity contribution in [1.82, 2.24) is 24.3 Å². The van der Waals surface area contributed by atoms with Gasteiger partial charge < -0.3 is 4.57 Å². The molecule has 0 unspecified atom stereocenters. The molecule has 0 aliphatic rings. The lowest BCUT2D eigenvalue weighted by atomic mass is 10.1. The van der Waals surface area contributed by atoms with Gasteiger partial charge in [-0.05, 0) is 18.6 Å². The van der Waals surface area contributed by atoms with Crippen molar-refractivity contribution in [2.75, 3.05) is 0 Å². The maximum atomic E-state index is 4.80. The fourth-order valence-electron chi connectivity index (χ4n) is 3.06. The number of aryl methyl sites for hydroxylation is 4. The van der Waals surface area contributed by atoms with Crippen LogP contribution in [0.15, 0.2) is 67.1 Å². The van der Waals surface area contributed by atoms with Crippen LogP contribution in [0.5, 0.6) is 0 Å². The predicted octanol–water partition coefficient (Wildman–Crippen LogP) is 3.67. The van der Waals surface area contributed by atoms with Gasteiger partial charge in [0.05, 0.1) is 17.6 Å². The third-order valence-electron chi connectivity index (χ3n) is 4.45. The van der Waals surface area contributed by atoms with E-state index in [1.807, 2.05) is 50.8 Å². The Balaban J connectivity index is 1.50. The van der Waals surface area contributed by atoms with E-state index in [1.54, 1.807) is 4.68 Å². The van der Waals surface area contributed by atoms with E-state index in [-0.39, 0.29) is 0 Å². The first-order valence-corrected chi connectivity index (χ1v) is 8.71. The van der Waals surface area contributed by atoms with Gasteiger partial charge in [-0.1, -0.05) is 36.4 Å². The molecule has 26 heavy (non-hydrogen) atoms. The van der Waals surface area contributed by atoms with Crippen LogP contribution in [-0.4, -0.2) is 24.3 Å². The van der Waals surface area contributed by atoms with Crippen molar-refractivity contribution in [3.05, 3.63) is 78.6 Å². The molecular formula is C21H21N5. The number of rotatable bonds is 5. The van der Waals surface area contributed by atoms with Crippen molar-refractivity contribution < 1.29 is 0 Å². The van der Waals surface area contributed by atoms with Crippen LogP contribution in [0.2, 0.25) is 0 Å². The smallest absolute Gasteiger partial charge is 0.109 e. The maximum Gasteiger partial charge on any atom is 0.109 e. The lowest BCUT2D eigenvalue weighted by molar-refractivity contribution is 0.762. The molecule has 4 rings (SSSR count). The van der Waals surface area contributed by atoms with Gasteiger partial charge in [-0.25, -0.2) is 4.98 Å². The van der Waals surface area contributed by atoms with E-state index >= 15 is 0 Å². The van der Waals surface area contributed by atoms with E-state index in [4.69, 9.17) is 9.97 Å². The van der Waals surface area contributed by atoms with Crippen molar-refractivity contribution >= 4 is 0 Å². The van der Waals surface area contributed by atoms with E-state index < -0.39 is 0 Å². The van der Waals surface area contributed by atoms with E-state index in [0.717, 1.165) is 46.9 Å². The number of aromatic nitrogens is 5. The highest BCUT2D eigenvalue weighted by Crippen LogP contribution is 2.19. The minimum absolute atomic E-state index is 0.854. The molecule has 0 amide bonds. The topological polar surface area (TPSA) is 48.5 Å². The van der Waals surface area contributed by atoms with Crippen molar-refractivity contribution in [2.24, 2.45) is 14.1 Å². The zero-order chi connectivity index (χ0) is 17.9. The van der Waals surface area contributed by atoms with Crippen LogP contribution >= 0.6 is 0 Å². The number of hydrogen-bond donors (Lipinski definition) is 0. The highest BCUT2D eigenvalue weighted by Gasteiger charge is 2.09. The molecule has 3 aromatic heterocycles. The molecule has 1 aromatic carbocycles. The molecule has 4 aromatic rings. The fourth-order valence-corrected chi connectivity index (χ4v) is 3.06. The predicted molar refractivity (Wildman–Crippen MR) is 102 cm³/mol. The van der Waals surface area contributed by atoms with Gasteiger partial charge in [0.1, 0.15) is 5.82 Å². The Hall–Kier alpha value is -3.21. The first kappa shape index (κ1) is 16.3. The quantitative estimate of drug-likeness (QED) is 0.555. The molecule has 0 N–H and O–H groups in total. The van der Waals surface area contributed by atoms with E-state index in [9.17, 15) is 0 Å². The lowest BCUT2D eigenvalue weighted by Crippen LogP contribution is -2.01. The molecule has 0 aliphatic heterocycles. The number of nitrogens with zero attached hydrogens (tertiary/aromatic N) is 5. The average molecular weight is 343 g/mol. The summed E-state index contributed by atoms with van der Waals surface area (Å²) < 4.78 is 3.90. The number of hydrogen-bond acceptors (Lipinski definition) is 3. The maximum absolute atomic E-state index is 4.80. The average Bonchev–Trinajstić information content (AvgIpc) is 3.27. The Morgan fingerprint density at radius 3 is 2.38 bits per heavy atom. The SMILES string of the molecule is Cn1cc(-c2cccc(CCc3nc(-c4ccccc4)cn3C)n2)cn1. The second kappa shape index (κ2) is 6.96. The van der Waals surface area contributed by atoms with Crippen LogP contribution in [0.1, 0.15) is 11.5 Å². The summed E-state index contributed by atoms with van der Waals surface area (Å²) in [7, 11) is 3.97. The third kappa shape index (κ3) is 3.42. The second-order valence-corrected chi connectivity index (χ2v) is 6.44. The Morgan fingerprint density at radius 1 is 0.769 bits per heavy atom. The minimum atomic E-state index is 0.854. The van der Waals surface area contributed by atoms with Crippen LogP contribution in [0.4, 0.5) is 0 Å². The zero-order valence-electron chi connectivity index (χ0n) is 15.0. The molecule has 5 nitrogen and oxygen atoms in total. The van der Waals surface area contributed by atoms with Gasteiger partial charge in [0, 0.05) is 49.7 Å². The van der Waals surface area contributed by atoms with E-state index in [2.05, 4.69) is 40.1 Å². The molecule has 5 heteroatoms. The molecule has 0 spiro atoms. The van der Waals surface area contributed by atoms with Gasteiger partial charge >= 0.3 is 0 Å². The number of pyridine rings is 1. The highest BCUT2D eigenvalue weighted by atomic mass is 15.2. The van der Waals surface area contributed by atoms with Crippen molar-refractivity contribution in [3.63, 3.8) is 0 Å². The summed E-state index contributed by atoms with van der Waals surface area (Å²) in [5.74, 6) is 1.07. The monoisotopic (exact) mass is 343 g/mol. The number of benzene rings is 1. The van der Waals surface area contributed by atoms with Crippen molar-refractivity contribution in [1.29, 1.82) is 0 Å². The zero-order valence-corrected chi connectivity index (χ0v) is 15.0. The summed E-state index contributed by atoms with van der Waals surface area (Å²) in [6.45, 7) is 0. The molecule has 0 radical (unpaired) electrons. The first-order chi connectivity index (χ1) is 12.7. The summed E-state index contributed by atoms with van der Waals surface area (Å²) in [5, 5.41) is 4.22. The second-order valence-electron chi connectivity index (χ2n) is 6.44. The highest BCUT2D eigenvalue weighted by molar-refractivity contribution is 5.58. The molecule has 0 saturated carbocycles. The molecule has 0 fully saturated rings. The Morgan fingerprint density at radius 2 is 1.62 bits per heavy atom. The summed E-state index contributed by atoms with van der Waals surface area (Å²) >= 11 is 0. The van der Waals surface area contributed by atoms with Gasteiger partial charge in [-0.3, -0.25) is 9.67 Å². The summed E-state index contributed by atoms with van der Waals surface area (Å²) in [5.41, 5.74) is 5.22. The van der Waals surface area contributed by atoms with Crippen LogP contribution in [0, 0.1) is 0 Å². The summed E-state index contributed by atoms with van der Waals surface area (Å²) in [6.07, 6.45) is 7.62. The Bertz CT molecular complexity index is 1010. The molecule has 130 valence electrons. The van der Waals surface area contributed by atoms with Crippen LogP contribution in [0.3, 0.4) is 0 Å². The normalized spacial score (nSPS) is 11.0. The van der Waals surface area contributed by atoms with Crippen LogP contribution in [0.25, 0.3) is 22.5 Å². The van der Waals surface area contributed by atoms with Crippen LogP contribution < -0.4 is 0 Å². The van der Waals surface area contributed by atoms with Gasteiger partial charge in [-0.15, -0.1) is 0 Å². The third-order valence-corrected chi connectivity index (χ3v) is 4.45. The van der Waals surface area contributed by atoms with Crippen molar-refractivity contribution in [3.8, 4) is 22.5 Å². The summed E-state index contributed by atoms with van der Waals surface area (Å²) in [4.78, 5) is 9.58. The Kier molecular flexibility index (Phi) is 4.35. The largest absolute Gasteiger partial charge is 0.337 e. The van der Waals surface area contributed by atoms with Gasteiger partial charge in [-0.2, -0.15) is 5.10 Å². The molecular weight excluding hydrogens is 322 g/mol. The molecule has 0 atom stereocenters. The molecule has 0 saturated heterocycles. The van der Waals surface area contributed by atoms with E-state index in [0.29, 0.717) is 0 Å². The first-order valence-electron chi connectivity index (χ1n) is 8.71. The summed E-state index contributed by atoms with van der Waals surface area (Å²) in [6, 6.07) is 16.4. The Labute approximate surface area is 153 Å². The molecule has 0 aliphatic carbocycles. The minimum Gasteiger partial charge on any atom is -0.337 e. The van der Waals surface area contributed by atoms with Crippen molar-refractivity contribution in [2.45, 2.75) is 12.8 Å². The van der Waals surface area contributed by atoms with Crippen LogP contribution in [-0.2, 0) is 26.9 Å². The molecule has 3 heterocycles. The van der Waals surface area contributed by atoms with Gasteiger partial charge in [0.2, 0.25) is 0 Å². The lowest BCUT2D eigenvalue weighted by Gasteiger charge is -2.04. The number of imidazole rings is 1. The molecule has 0 bridgehead atoms. The fraction of sp³-hybridized carbons (Fsp3) is 0.190. The standard InChI is InChI=1S/C21H21N5/c1-25-15-20(16-7-4-3-5-8-16)24-21(25)12-11-18-9-6-10-19(23-18)17-13-22-26(2)14-17/h3-10,13-15H,11-12H2,1-2H3.